The van der Waals surface area contributed by atoms with Crippen molar-refractivity contribution >= 4 is 0 Å². The van der Waals surface area contributed by atoms with Crippen LogP contribution in [0.2, 0.25) is 0 Å². The fourth-order valence-corrected chi connectivity index (χ4v) is 0.726. The quantitative estimate of drug-likeness (QED) is 0.592. The molecule has 18 heavy (non-hydrogen) atoms. The molecule has 0 aromatic carbocycles. The van der Waals surface area contributed by atoms with E-state index in [2.05, 4.69) is 0 Å². The molecule has 0 spiro atoms. The molecule has 0 nitrogen and oxygen atoms in total. The summed E-state index contributed by atoms with van der Waals surface area (Å²) in [5.41, 5.74) is 0. The highest BCUT2D eigenvalue weighted by molar-refractivity contribution is 5.22. The summed E-state index contributed by atoms with van der Waals surface area (Å²) in [5, 5.41) is 0. The van der Waals surface area contributed by atoms with Gasteiger partial charge in [0.05, 0.1) is 0 Å². The van der Waals surface area contributed by atoms with Gasteiger partial charge in [-0.1, -0.05) is 0 Å². The summed E-state index contributed by atoms with van der Waals surface area (Å²) < 4.78 is 134. The normalized spacial score (nSPS) is 26.7. The minimum atomic E-state index is -5.97. The van der Waals surface area contributed by atoms with E-state index in [0.29, 0.717) is 0 Å². The van der Waals surface area contributed by atoms with Gasteiger partial charge in [-0.15, -0.1) is 0 Å². The second kappa shape index (κ2) is 4.08. The molecule has 0 heterocycles. The molecule has 0 N–H and O–H groups in total. The van der Waals surface area contributed by atoms with E-state index in [9.17, 15) is 52.7 Å². The Balaban J connectivity index is 0.000000411. The maximum atomic E-state index is 11.6. The van der Waals surface area contributed by atoms with Gasteiger partial charge in [0.25, 0.3) is 0 Å². The number of hydrogen-bond acceptors (Lipinski definition) is 0. The molecule has 0 saturated heterocycles. The average molecular weight is 302 g/mol. The van der Waals surface area contributed by atoms with Crippen LogP contribution in [0.4, 0.5) is 52.7 Å². The Morgan fingerprint density at radius 1 is 0.556 bits per heavy atom. The molecule has 0 aromatic heterocycles. The lowest BCUT2D eigenvalue weighted by molar-refractivity contribution is -0.506. The van der Waals surface area contributed by atoms with Gasteiger partial charge in [0, 0.05) is 0 Å². The predicted molar refractivity (Wildman–Crippen MR) is 31.8 cm³/mol. The van der Waals surface area contributed by atoms with E-state index in [1.165, 1.54) is 0 Å². The third kappa shape index (κ3) is 2.09. The maximum absolute atomic E-state index is 11.6. The topological polar surface area (TPSA) is 0 Å². The maximum Gasteiger partial charge on any atom is 0.416 e. The fourth-order valence-electron chi connectivity index (χ4n) is 0.726. The fraction of sp³-hybridized carbons (Fsp3) is 1.00. The molecule has 0 unspecified atom stereocenters. The Morgan fingerprint density at radius 3 is 0.722 bits per heavy atom. The number of rotatable bonds is 0. The standard InChI is InChI=1S/C4F8.C2H2F4/c5-1(6)2(7,8)4(11,12)3(1,9)10;3-1-2(4,5)6/h;1H2. The lowest BCUT2D eigenvalue weighted by Crippen LogP contribution is -2.82. The van der Waals surface area contributed by atoms with E-state index in [-0.39, 0.29) is 0 Å². The van der Waals surface area contributed by atoms with Gasteiger partial charge in [-0.25, -0.2) is 4.39 Å². The van der Waals surface area contributed by atoms with E-state index in [0.717, 1.165) is 0 Å². The molecule has 0 aliphatic heterocycles. The van der Waals surface area contributed by atoms with Crippen LogP contribution in [-0.4, -0.2) is 36.5 Å². The van der Waals surface area contributed by atoms with Crippen LogP contribution in [0.25, 0.3) is 0 Å². The molecule has 0 bridgehead atoms. The van der Waals surface area contributed by atoms with Gasteiger partial charge in [-0.05, 0) is 0 Å². The Kier molecular flexibility index (Phi) is 3.89. The van der Waals surface area contributed by atoms with Crippen molar-refractivity contribution in [2.75, 3.05) is 6.67 Å². The lowest BCUT2D eigenvalue weighted by atomic mass is 9.80. The van der Waals surface area contributed by atoms with Crippen LogP contribution < -0.4 is 0 Å². The molecule has 1 rings (SSSR count). The third-order valence-electron chi connectivity index (χ3n) is 1.73. The Bertz CT molecular complexity index is 234. The molecule has 12 heteroatoms. The van der Waals surface area contributed by atoms with Crippen LogP contribution in [-0.2, 0) is 0 Å². The van der Waals surface area contributed by atoms with Gasteiger partial charge in [0.15, 0.2) is 6.67 Å². The number of halogens is 12. The molecule has 1 saturated carbocycles. The Morgan fingerprint density at radius 2 is 0.667 bits per heavy atom. The molecule has 1 aliphatic rings. The van der Waals surface area contributed by atoms with Crippen molar-refractivity contribution in [3.8, 4) is 0 Å². The second-order valence-electron chi connectivity index (χ2n) is 3.05. The highest BCUT2D eigenvalue weighted by atomic mass is 19.4. The zero-order chi connectivity index (χ0) is 15.2. The van der Waals surface area contributed by atoms with Gasteiger partial charge in [0.2, 0.25) is 0 Å². The summed E-state index contributed by atoms with van der Waals surface area (Å²) >= 11 is 0. The van der Waals surface area contributed by atoms with Crippen LogP contribution in [0.15, 0.2) is 0 Å². The summed E-state index contributed by atoms with van der Waals surface area (Å²) in [7, 11) is 0. The van der Waals surface area contributed by atoms with Gasteiger partial charge in [0.1, 0.15) is 0 Å². The predicted octanol–water partition coefficient (Wildman–Crippen LogP) is 4.06. The summed E-state index contributed by atoms with van der Waals surface area (Å²) in [6.45, 7) is -2.23. The first kappa shape index (κ1) is 17.2. The average Bonchev–Trinajstić information content (AvgIpc) is 2.15. The highest BCUT2D eigenvalue weighted by Gasteiger charge is 3.01. The zero-order valence-electron chi connectivity index (χ0n) is 7.74. The van der Waals surface area contributed by atoms with E-state index in [4.69, 9.17) is 0 Å². The minimum Gasteiger partial charge on any atom is -0.241 e. The number of hydrogen-bond donors (Lipinski definition) is 0. The van der Waals surface area contributed by atoms with Crippen molar-refractivity contribution in [2.24, 2.45) is 0 Å². The van der Waals surface area contributed by atoms with E-state index >= 15 is 0 Å². The molecule has 0 radical (unpaired) electrons. The monoisotopic (exact) mass is 302 g/mol. The second-order valence-corrected chi connectivity index (χ2v) is 3.05. The van der Waals surface area contributed by atoms with Crippen molar-refractivity contribution in [3.63, 3.8) is 0 Å². The van der Waals surface area contributed by atoms with Crippen LogP contribution in [0.1, 0.15) is 0 Å². The summed E-state index contributed by atoms with van der Waals surface area (Å²) in [6.07, 6.45) is -4.62. The molecule has 110 valence electrons. The van der Waals surface area contributed by atoms with Crippen molar-refractivity contribution < 1.29 is 52.7 Å². The van der Waals surface area contributed by atoms with Gasteiger partial charge in [-0.2, -0.15) is 48.3 Å². The van der Waals surface area contributed by atoms with Crippen molar-refractivity contribution in [1.82, 2.24) is 0 Å². The van der Waals surface area contributed by atoms with Crippen LogP contribution >= 0.6 is 0 Å². The largest absolute Gasteiger partial charge is 0.416 e. The summed E-state index contributed by atoms with van der Waals surface area (Å²) in [5.74, 6) is -23.9. The van der Waals surface area contributed by atoms with E-state index in [1.807, 2.05) is 0 Å². The molecule has 0 amide bonds. The van der Waals surface area contributed by atoms with Gasteiger partial charge < -0.3 is 0 Å². The number of alkyl halides is 12. The molecule has 0 atom stereocenters. The summed E-state index contributed by atoms with van der Waals surface area (Å²) in [6, 6.07) is 0. The SMILES string of the molecule is FC1(F)C(F)(F)C(F)(F)C1(F)F.FCC(F)(F)F. The van der Waals surface area contributed by atoms with Crippen LogP contribution in [0.3, 0.4) is 0 Å². The summed E-state index contributed by atoms with van der Waals surface area (Å²) in [4.78, 5) is 0. The van der Waals surface area contributed by atoms with E-state index < -0.39 is 36.5 Å². The van der Waals surface area contributed by atoms with Crippen molar-refractivity contribution in [3.05, 3.63) is 0 Å². The first-order chi connectivity index (χ1) is 7.56. The van der Waals surface area contributed by atoms with Gasteiger partial charge in [-0.3, -0.25) is 0 Å². The molecule has 0 aromatic rings. The zero-order valence-corrected chi connectivity index (χ0v) is 7.74. The first-order valence-corrected chi connectivity index (χ1v) is 3.70. The molecule has 1 fully saturated rings. The molecular weight excluding hydrogens is 300 g/mol. The van der Waals surface area contributed by atoms with Crippen LogP contribution in [0, 0.1) is 0 Å². The van der Waals surface area contributed by atoms with E-state index in [1.54, 1.807) is 0 Å². The first-order valence-electron chi connectivity index (χ1n) is 3.70. The van der Waals surface area contributed by atoms with Crippen molar-refractivity contribution in [1.29, 1.82) is 0 Å². The lowest BCUT2D eigenvalue weighted by Gasteiger charge is -2.49. The Labute approximate surface area is 90.6 Å². The van der Waals surface area contributed by atoms with Gasteiger partial charge >= 0.3 is 29.9 Å². The Hall–Kier alpha value is -0.840. The van der Waals surface area contributed by atoms with Crippen LogP contribution in [0.5, 0.6) is 0 Å². The minimum absolute atomic E-state index is 2.23. The highest BCUT2D eigenvalue weighted by Crippen LogP contribution is 2.69. The third-order valence-corrected chi connectivity index (χ3v) is 1.73. The molecule has 1 aliphatic carbocycles. The smallest absolute Gasteiger partial charge is 0.241 e. The van der Waals surface area contributed by atoms with Crippen molar-refractivity contribution in [2.45, 2.75) is 29.9 Å². The molecular formula is C6H2F12.